The molecule has 0 spiro atoms. The number of nitrogens with zero attached hydrogens (tertiary/aromatic N) is 1. The number of benzene rings is 1. The number of anilines is 1. The third kappa shape index (κ3) is 4.05. The molecule has 1 atom stereocenters. The van der Waals surface area contributed by atoms with E-state index in [1.165, 1.54) is 22.5 Å². The maximum atomic E-state index is 11.5. The second-order valence-electron chi connectivity index (χ2n) is 4.58. The monoisotopic (exact) mass is 308 g/mol. The SMILES string of the molecule is CCc1ccc(Cc2cnc(NC(=O)C(C)Cl)s2)cc1. The predicted octanol–water partition coefficient (Wildman–Crippen LogP) is 3.86. The fraction of sp³-hybridized carbons (Fsp3) is 0.333. The summed E-state index contributed by atoms with van der Waals surface area (Å²) in [6.45, 7) is 3.78. The number of amides is 1. The summed E-state index contributed by atoms with van der Waals surface area (Å²) in [4.78, 5) is 16.8. The van der Waals surface area contributed by atoms with Gasteiger partial charge in [0.15, 0.2) is 5.13 Å². The molecule has 0 aliphatic heterocycles. The molecular formula is C15H17ClN2OS. The van der Waals surface area contributed by atoms with Gasteiger partial charge in [0, 0.05) is 17.5 Å². The van der Waals surface area contributed by atoms with Crippen molar-refractivity contribution in [2.75, 3.05) is 5.32 Å². The van der Waals surface area contributed by atoms with E-state index in [1.54, 1.807) is 13.1 Å². The van der Waals surface area contributed by atoms with Crippen LogP contribution in [0.25, 0.3) is 0 Å². The molecule has 0 aliphatic rings. The molecule has 0 fully saturated rings. The molecular weight excluding hydrogens is 292 g/mol. The van der Waals surface area contributed by atoms with Crippen LogP contribution in [0.3, 0.4) is 0 Å². The van der Waals surface area contributed by atoms with Crippen molar-refractivity contribution in [2.24, 2.45) is 0 Å². The highest BCUT2D eigenvalue weighted by Crippen LogP contribution is 2.21. The number of aryl methyl sites for hydroxylation is 1. The Bertz CT molecular complexity index is 578. The van der Waals surface area contributed by atoms with E-state index in [2.05, 4.69) is 41.5 Å². The van der Waals surface area contributed by atoms with Crippen LogP contribution in [-0.4, -0.2) is 16.3 Å². The number of hydrogen-bond donors (Lipinski definition) is 1. The van der Waals surface area contributed by atoms with Gasteiger partial charge in [-0.25, -0.2) is 4.98 Å². The number of alkyl halides is 1. The van der Waals surface area contributed by atoms with Crippen molar-refractivity contribution in [3.63, 3.8) is 0 Å². The molecule has 20 heavy (non-hydrogen) atoms. The molecule has 2 rings (SSSR count). The summed E-state index contributed by atoms with van der Waals surface area (Å²) in [6.07, 6.45) is 3.68. The van der Waals surface area contributed by atoms with Crippen molar-refractivity contribution in [1.82, 2.24) is 4.98 Å². The van der Waals surface area contributed by atoms with Crippen molar-refractivity contribution in [3.8, 4) is 0 Å². The van der Waals surface area contributed by atoms with Gasteiger partial charge < -0.3 is 5.32 Å². The van der Waals surface area contributed by atoms with Gasteiger partial charge in [-0.1, -0.05) is 31.2 Å². The quantitative estimate of drug-likeness (QED) is 0.852. The van der Waals surface area contributed by atoms with Crippen LogP contribution in [0.5, 0.6) is 0 Å². The highest BCUT2D eigenvalue weighted by molar-refractivity contribution is 7.15. The molecule has 0 saturated carbocycles. The molecule has 0 aliphatic carbocycles. The van der Waals surface area contributed by atoms with Crippen LogP contribution >= 0.6 is 22.9 Å². The summed E-state index contributed by atoms with van der Waals surface area (Å²) >= 11 is 7.19. The van der Waals surface area contributed by atoms with Crippen LogP contribution in [0, 0.1) is 0 Å². The molecule has 0 saturated heterocycles. The molecule has 2 aromatic rings. The van der Waals surface area contributed by atoms with Crippen molar-refractivity contribution in [2.45, 2.75) is 32.1 Å². The van der Waals surface area contributed by atoms with E-state index < -0.39 is 5.38 Å². The van der Waals surface area contributed by atoms with Gasteiger partial charge in [-0.05, 0) is 24.5 Å². The molecule has 0 bridgehead atoms. The van der Waals surface area contributed by atoms with Gasteiger partial charge in [0.25, 0.3) is 0 Å². The van der Waals surface area contributed by atoms with Crippen LogP contribution < -0.4 is 5.32 Å². The lowest BCUT2D eigenvalue weighted by molar-refractivity contribution is -0.115. The van der Waals surface area contributed by atoms with Crippen molar-refractivity contribution in [3.05, 3.63) is 46.5 Å². The van der Waals surface area contributed by atoms with E-state index in [0.29, 0.717) is 5.13 Å². The normalized spacial score (nSPS) is 12.2. The predicted molar refractivity (Wildman–Crippen MR) is 84.7 cm³/mol. The maximum absolute atomic E-state index is 11.5. The summed E-state index contributed by atoms with van der Waals surface area (Å²) in [6, 6.07) is 8.57. The lowest BCUT2D eigenvalue weighted by Gasteiger charge is -2.02. The first kappa shape index (κ1) is 15.0. The molecule has 5 heteroatoms. The number of carbonyl (C=O) groups excluding carboxylic acids is 1. The Morgan fingerprint density at radius 3 is 2.60 bits per heavy atom. The summed E-state index contributed by atoms with van der Waals surface area (Å²) in [5, 5.41) is 2.75. The van der Waals surface area contributed by atoms with Crippen molar-refractivity contribution >= 4 is 34.0 Å². The fourth-order valence-corrected chi connectivity index (χ4v) is 2.65. The van der Waals surface area contributed by atoms with Gasteiger partial charge in [-0.2, -0.15) is 0 Å². The minimum atomic E-state index is -0.552. The summed E-state index contributed by atoms with van der Waals surface area (Å²) in [7, 11) is 0. The first-order chi connectivity index (χ1) is 9.58. The van der Waals surface area contributed by atoms with Gasteiger partial charge in [-0.3, -0.25) is 4.79 Å². The van der Waals surface area contributed by atoms with Crippen LogP contribution in [0.4, 0.5) is 5.13 Å². The van der Waals surface area contributed by atoms with E-state index >= 15 is 0 Å². The van der Waals surface area contributed by atoms with E-state index in [9.17, 15) is 4.79 Å². The zero-order chi connectivity index (χ0) is 14.5. The standard InChI is InChI=1S/C15H17ClN2OS/c1-3-11-4-6-12(7-5-11)8-13-9-17-15(20-13)18-14(19)10(2)16/h4-7,9-10H,3,8H2,1-2H3,(H,17,18,19). The largest absolute Gasteiger partial charge is 0.301 e. The summed E-state index contributed by atoms with van der Waals surface area (Å²) < 4.78 is 0. The first-order valence-corrected chi connectivity index (χ1v) is 7.81. The van der Waals surface area contributed by atoms with Gasteiger partial charge in [0.2, 0.25) is 5.91 Å². The molecule has 0 radical (unpaired) electrons. The number of halogens is 1. The molecule has 1 heterocycles. The topological polar surface area (TPSA) is 42.0 Å². The maximum Gasteiger partial charge on any atom is 0.243 e. The molecule has 1 aromatic heterocycles. The van der Waals surface area contributed by atoms with E-state index in [1.807, 2.05) is 0 Å². The van der Waals surface area contributed by atoms with E-state index in [4.69, 9.17) is 11.6 Å². The Hall–Kier alpha value is -1.39. The molecule has 106 valence electrons. The lowest BCUT2D eigenvalue weighted by atomic mass is 10.1. The Morgan fingerprint density at radius 2 is 2.00 bits per heavy atom. The Balaban J connectivity index is 1.99. The highest BCUT2D eigenvalue weighted by atomic mass is 35.5. The average molecular weight is 309 g/mol. The van der Waals surface area contributed by atoms with E-state index in [0.717, 1.165) is 17.7 Å². The number of aromatic nitrogens is 1. The Morgan fingerprint density at radius 1 is 1.35 bits per heavy atom. The first-order valence-electron chi connectivity index (χ1n) is 6.56. The lowest BCUT2D eigenvalue weighted by Crippen LogP contribution is -2.19. The molecule has 1 amide bonds. The minimum absolute atomic E-state index is 0.222. The Labute approximate surface area is 128 Å². The van der Waals surface area contributed by atoms with Gasteiger partial charge in [-0.15, -0.1) is 22.9 Å². The minimum Gasteiger partial charge on any atom is -0.301 e. The summed E-state index contributed by atoms with van der Waals surface area (Å²) in [5.74, 6) is -0.222. The molecule has 3 nitrogen and oxygen atoms in total. The van der Waals surface area contributed by atoms with Gasteiger partial charge in [0.1, 0.15) is 5.38 Å². The number of hydrogen-bond acceptors (Lipinski definition) is 3. The van der Waals surface area contributed by atoms with Crippen LogP contribution in [-0.2, 0) is 17.6 Å². The second kappa shape index (κ2) is 6.86. The van der Waals surface area contributed by atoms with Crippen LogP contribution in [0.1, 0.15) is 29.9 Å². The smallest absolute Gasteiger partial charge is 0.243 e. The molecule has 1 N–H and O–H groups in total. The third-order valence-electron chi connectivity index (χ3n) is 2.95. The summed E-state index contributed by atoms with van der Waals surface area (Å²) in [5.41, 5.74) is 2.58. The van der Waals surface area contributed by atoms with Gasteiger partial charge >= 0.3 is 0 Å². The highest BCUT2D eigenvalue weighted by Gasteiger charge is 2.11. The second-order valence-corrected chi connectivity index (χ2v) is 6.35. The number of rotatable bonds is 5. The number of nitrogens with one attached hydrogen (secondary N) is 1. The van der Waals surface area contributed by atoms with Gasteiger partial charge in [0.05, 0.1) is 0 Å². The van der Waals surface area contributed by atoms with Crippen LogP contribution in [0.2, 0.25) is 0 Å². The molecule has 1 unspecified atom stereocenters. The third-order valence-corrected chi connectivity index (χ3v) is 4.07. The number of thiazole rings is 1. The average Bonchev–Trinajstić information content (AvgIpc) is 2.86. The van der Waals surface area contributed by atoms with Crippen molar-refractivity contribution in [1.29, 1.82) is 0 Å². The Kier molecular flexibility index (Phi) is 5.15. The van der Waals surface area contributed by atoms with Crippen LogP contribution in [0.15, 0.2) is 30.5 Å². The van der Waals surface area contributed by atoms with Crippen molar-refractivity contribution < 1.29 is 4.79 Å². The zero-order valence-corrected chi connectivity index (χ0v) is 13.1. The fourth-order valence-electron chi connectivity index (χ4n) is 1.75. The van der Waals surface area contributed by atoms with E-state index in [-0.39, 0.29) is 5.91 Å². The molecule has 1 aromatic carbocycles. The number of carbonyl (C=O) groups is 1. The zero-order valence-electron chi connectivity index (χ0n) is 11.5.